The maximum atomic E-state index is 12.8. The first-order chi connectivity index (χ1) is 10.6. The van der Waals surface area contributed by atoms with E-state index in [0.717, 1.165) is 10.6 Å². The van der Waals surface area contributed by atoms with E-state index < -0.39 is 6.04 Å². The van der Waals surface area contributed by atoms with Gasteiger partial charge in [0.05, 0.1) is 0 Å². The van der Waals surface area contributed by atoms with Gasteiger partial charge >= 0.3 is 0 Å². The minimum Gasteiger partial charge on any atom is -0.344 e. The van der Waals surface area contributed by atoms with Gasteiger partial charge in [-0.25, -0.2) is 4.39 Å². The molecule has 1 atom stereocenters. The molecular formula is C14H13FN4O2S. The maximum Gasteiger partial charge on any atom is 0.248 e. The number of hydrogen-bond donors (Lipinski definition) is 2. The van der Waals surface area contributed by atoms with Crippen LogP contribution in [0.5, 0.6) is 0 Å². The molecule has 0 unspecified atom stereocenters. The summed E-state index contributed by atoms with van der Waals surface area (Å²) in [6.45, 7) is 0. The van der Waals surface area contributed by atoms with Gasteiger partial charge in [-0.1, -0.05) is 23.5 Å². The Labute approximate surface area is 129 Å². The monoisotopic (exact) mass is 320 g/mol. The molecule has 114 valence electrons. The largest absolute Gasteiger partial charge is 0.344 e. The van der Waals surface area contributed by atoms with Gasteiger partial charge in [-0.05, 0) is 24.1 Å². The average Bonchev–Trinajstić information content (AvgIpc) is 3.11. The summed E-state index contributed by atoms with van der Waals surface area (Å²) >= 11 is 1.26. The topological polar surface area (TPSA) is 84.0 Å². The molecule has 2 aromatic rings. The fourth-order valence-corrected chi connectivity index (χ4v) is 2.93. The fourth-order valence-electron chi connectivity index (χ4n) is 2.16. The number of nitrogens with zero attached hydrogens (tertiary/aromatic N) is 2. The summed E-state index contributed by atoms with van der Waals surface area (Å²) in [4.78, 5) is 23.0. The second-order valence-corrected chi connectivity index (χ2v) is 6.01. The third kappa shape index (κ3) is 3.45. The van der Waals surface area contributed by atoms with Crippen molar-refractivity contribution in [1.82, 2.24) is 15.5 Å². The van der Waals surface area contributed by atoms with Gasteiger partial charge in [0.15, 0.2) is 0 Å². The molecule has 6 nitrogen and oxygen atoms in total. The predicted octanol–water partition coefficient (Wildman–Crippen LogP) is 1.49. The van der Waals surface area contributed by atoms with E-state index in [4.69, 9.17) is 0 Å². The number of rotatable bonds is 4. The quantitative estimate of drug-likeness (QED) is 0.894. The predicted molar refractivity (Wildman–Crippen MR) is 78.9 cm³/mol. The molecule has 1 fully saturated rings. The van der Waals surface area contributed by atoms with Gasteiger partial charge in [-0.2, -0.15) is 0 Å². The van der Waals surface area contributed by atoms with Crippen LogP contribution in [0.2, 0.25) is 0 Å². The first-order valence-corrected chi connectivity index (χ1v) is 7.59. The molecule has 1 aromatic carbocycles. The van der Waals surface area contributed by atoms with Crippen molar-refractivity contribution in [3.63, 3.8) is 0 Å². The van der Waals surface area contributed by atoms with Gasteiger partial charge in [0.2, 0.25) is 16.9 Å². The van der Waals surface area contributed by atoms with E-state index in [-0.39, 0.29) is 17.6 Å². The Morgan fingerprint density at radius 2 is 2.14 bits per heavy atom. The number of hydrogen-bond acceptors (Lipinski definition) is 5. The Morgan fingerprint density at radius 3 is 2.82 bits per heavy atom. The number of anilines is 1. The zero-order valence-electron chi connectivity index (χ0n) is 11.5. The highest BCUT2D eigenvalue weighted by Gasteiger charge is 2.27. The number of aromatic nitrogens is 2. The van der Waals surface area contributed by atoms with Crippen molar-refractivity contribution < 1.29 is 14.0 Å². The van der Waals surface area contributed by atoms with Gasteiger partial charge in [0, 0.05) is 12.8 Å². The Hall–Kier alpha value is -2.35. The summed E-state index contributed by atoms with van der Waals surface area (Å²) in [5, 5.41) is 14.3. The summed E-state index contributed by atoms with van der Waals surface area (Å²) in [5.41, 5.74) is 0.915. The third-order valence-electron chi connectivity index (χ3n) is 3.28. The lowest BCUT2D eigenvalue weighted by Gasteiger charge is -2.07. The normalized spacial score (nSPS) is 17.3. The van der Waals surface area contributed by atoms with Crippen molar-refractivity contribution in [1.29, 1.82) is 0 Å². The van der Waals surface area contributed by atoms with E-state index in [2.05, 4.69) is 20.8 Å². The highest BCUT2D eigenvalue weighted by molar-refractivity contribution is 7.15. The molecule has 2 amide bonds. The van der Waals surface area contributed by atoms with E-state index in [1.165, 1.54) is 23.5 Å². The number of halogens is 1. The van der Waals surface area contributed by atoms with Gasteiger partial charge < -0.3 is 5.32 Å². The van der Waals surface area contributed by atoms with Crippen LogP contribution in [0.1, 0.15) is 23.4 Å². The van der Waals surface area contributed by atoms with Crippen LogP contribution in [0.4, 0.5) is 9.52 Å². The molecule has 1 aromatic heterocycles. The highest BCUT2D eigenvalue weighted by atomic mass is 32.1. The lowest BCUT2D eigenvalue weighted by molar-refractivity contribution is -0.122. The highest BCUT2D eigenvalue weighted by Crippen LogP contribution is 2.19. The molecule has 2 N–H and O–H groups in total. The van der Waals surface area contributed by atoms with Crippen LogP contribution in [0.25, 0.3) is 0 Å². The molecule has 1 saturated heterocycles. The number of carbonyl (C=O) groups is 2. The molecule has 2 heterocycles. The van der Waals surface area contributed by atoms with Crippen molar-refractivity contribution in [2.24, 2.45) is 0 Å². The maximum absolute atomic E-state index is 12.8. The fraction of sp³-hybridized carbons (Fsp3) is 0.286. The summed E-state index contributed by atoms with van der Waals surface area (Å²) in [6, 6.07) is 5.65. The van der Waals surface area contributed by atoms with Crippen molar-refractivity contribution in [3.8, 4) is 0 Å². The molecule has 22 heavy (non-hydrogen) atoms. The number of amides is 2. The number of carbonyl (C=O) groups excluding carboxylic acids is 2. The molecular weight excluding hydrogens is 307 g/mol. The summed E-state index contributed by atoms with van der Waals surface area (Å²) in [7, 11) is 0. The Morgan fingerprint density at radius 1 is 1.36 bits per heavy atom. The minimum atomic E-state index is -0.503. The van der Waals surface area contributed by atoms with Crippen LogP contribution >= 0.6 is 11.3 Å². The first-order valence-electron chi connectivity index (χ1n) is 6.77. The molecule has 0 spiro atoms. The van der Waals surface area contributed by atoms with Gasteiger partial charge in [0.25, 0.3) is 0 Å². The van der Waals surface area contributed by atoms with Gasteiger partial charge in [-0.15, -0.1) is 10.2 Å². The van der Waals surface area contributed by atoms with Crippen LogP contribution in [0.15, 0.2) is 24.3 Å². The summed E-state index contributed by atoms with van der Waals surface area (Å²) in [6.07, 6.45) is 1.38. The molecule has 1 aliphatic rings. The van der Waals surface area contributed by atoms with Crippen molar-refractivity contribution in [2.75, 3.05) is 5.32 Å². The van der Waals surface area contributed by atoms with E-state index in [1.807, 2.05) is 0 Å². The molecule has 0 aliphatic carbocycles. The number of benzene rings is 1. The molecule has 8 heteroatoms. The van der Waals surface area contributed by atoms with Crippen LogP contribution in [-0.4, -0.2) is 28.1 Å². The van der Waals surface area contributed by atoms with Crippen LogP contribution < -0.4 is 10.6 Å². The Kier molecular flexibility index (Phi) is 4.10. The smallest absolute Gasteiger partial charge is 0.248 e. The SMILES string of the molecule is O=C1CC[C@H](C(=O)Nc2nnc(Cc3ccc(F)cc3)s2)N1. The van der Waals surface area contributed by atoms with Crippen LogP contribution in [-0.2, 0) is 16.0 Å². The third-order valence-corrected chi connectivity index (χ3v) is 4.12. The van der Waals surface area contributed by atoms with Crippen molar-refractivity contribution in [2.45, 2.75) is 25.3 Å². The Balaban J connectivity index is 1.60. The molecule has 0 saturated carbocycles. The lowest BCUT2D eigenvalue weighted by atomic mass is 10.2. The lowest BCUT2D eigenvalue weighted by Crippen LogP contribution is -2.37. The second-order valence-electron chi connectivity index (χ2n) is 4.95. The summed E-state index contributed by atoms with van der Waals surface area (Å²) < 4.78 is 12.8. The second kappa shape index (κ2) is 6.18. The van der Waals surface area contributed by atoms with Crippen LogP contribution in [0.3, 0.4) is 0 Å². The number of nitrogens with one attached hydrogen (secondary N) is 2. The molecule has 0 bridgehead atoms. The van der Waals surface area contributed by atoms with E-state index in [1.54, 1.807) is 12.1 Å². The molecule has 0 radical (unpaired) electrons. The minimum absolute atomic E-state index is 0.116. The van der Waals surface area contributed by atoms with Gasteiger partial charge in [-0.3, -0.25) is 14.9 Å². The van der Waals surface area contributed by atoms with Crippen molar-refractivity contribution >= 4 is 28.3 Å². The van der Waals surface area contributed by atoms with Crippen LogP contribution in [0, 0.1) is 5.82 Å². The zero-order valence-corrected chi connectivity index (χ0v) is 12.3. The standard InChI is InChI=1S/C14H13FN4O2S/c15-9-3-1-8(2-4-9)7-12-18-19-14(22-12)17-13(21)10-5-6-11(20)16-10/h1-4,10H,5-7H2,(H,16,20)(H,17,19,21)/t10-/m1/s1. The van der Waals surface area contributed by atoms with E-state index in [0.29, 0.717) is 24.4 Å². The van der Waals surface area contributed by atoms with E-state index in [9.17, 15) is 14.0 Å². The van der Waals surface area contributed by atoms with E-state index >= 15 is 0 Å². The first kappa shape index (κ1) is 14.6. The average molecular weight is 320 g/mol. The molecule has 3 rings (SSSR count). The van der Waals surface area contributed by atoms with Gasteiger partial charge in [0.1, 0.15) is 16.9 Å². The zero-order chi connectivity index (χ0) is 15.5. The molecule has 1 aliphatic heterocycles. The Bertz CT molecular complexity index is 701. The summed E-state index contributed by atoms with van der Waals surface area (Å²) in [5.74, 6) is -0.683. The van der Waals surface area contributed by atoms with Crippen molar-refractivity contribution in [3.05, 3.63) is 40.7 Å².